The van der Waals surface area contributed by atoms with E-state index in [2.05, 4.69) is 33.9 Å². The van der Waals surface area contributed by atoms with E-state index < -0.39 is 8.32 Å². The molecule has 0 aromatic heterocycles. The van der Waals surface area contributed by atoms with E-state index >= 15 is 0 Å². The lowest BCUT2D eigenvalue weighted by Gasteiger charge is -2.37. The van der Waals surface area contributed by atoms with Gasteiger partial charge in [0.1, 0.15) is 0 Å². The largest absolute Gasteiger partial charge is 0.463 e. The lowest BCUT2D eigenvalue weighted by Crippen LogP contribution is -2.42. The predicted octanol–water partition coefficient (Wildman–Crippen LogP) is 3.91. The Morgan fingerprint density at radius 3 is 2.32 bits per heavy atom. The van der Waals surface area contributed by atoms with Crippen LogP contribution < -0.4 is 0 Å². The highest BCUT2D eigenvalue weighted by Gasteiger charge is 2.44. The minimum absolute atomic E-state index is 0.0856. The van der Waals surface area contributed by atoms with Crippen LogP contribution in [0, 0.1) is 5.41 Å². The number of carbonyl (C=O) groups excluding carboxylic acids is 1. The first-order valence-corrected chi connectivity index (χ1v) is 10.0. The van der Waals surface area contributed by atoms with Crippen LogP contribution >= 0.6 is 0 Å². The van der Waals surface area contributed by atoms with Gasteiger partial charge in [-0.1, -0.05) is 26.8 Å². The van der Waals surface area contributed by atoms with Gasteiger partial charge in [0.2, 0.25) is 0 Å². The zero-order chi connectivity index (χ0) is 14.7. The summed E-state index contributed by atoms with van der Waals surface area (Å²) in [5.41, 5.74) is 0.0856. The topological polar surface area (TPSA) is 35.5 Å². The van der Waals surface area contributed by atoms with Crippen molar-refractivity contribution in [2.24, 2.45) is 5.41 Å². The molecule has 0 N–H and O–H groups in total. The molecule has 3 nitrogen and oxygen atoms in total. The first-order valence-electron chi connectivity index (χ1n) is 7.12. The molecule has 0 aromatic rings. The third-order valence-electron chi connectivity index (χ3n) is 4.28. The number of rotatable bonds is 6. The zero-order valence-corrected chi connectivity index (χ0v) is 14.2. The van der Waals surface area contributed by atoms with Crippen molar-refractivity contribution >= 4 is 14.3 Å². The van der Waals surface area contributed by atoms with Crippen molar-refractivity contribution in [2.45, 2.75) is 58.7 Å². The second-order valence-electron chi connectivity index (χ2n) is 7.00. The minimum atomic E-state index is -1.70. The summed E-state index contributed by atoms with van der Waals surface area (Å²) in [5, 5.41) is 0.230. The first kappa shape index (κ1) is 16.4. The van der Waals surface area contributed by atoms with Crippen LogP contribution in [0.5, 0.6) is 0 Å². The van der Waals surface area contributed by atoms with E-state index in [9.17, 15) is 4.79 Å². The van der Waals surface area contributed by atoms with Gasteiger partial charge in [0.15, 0.2) is 8.32 Å². The van der Waals surface area contributed by atoms with E-state index in [-0.39, 0.29) is 16.4 Å². The molecule has 19 heavy (non-hydrogen) atoms. The highest BCUT2D eigenvalue weighted by molar-refractivity contribution is 6.74. The molecule has 0 atom stereocenters. The van der Waals surface area contributed by atoms with Crippen molar-refractivity contribution in [3.63, 3.8) is 0 Å². The molecule has 1 fully saturated rings. The normalized spacial score (nSPS) is 18.6. The third kappa shape index (κ3) is 4.77. The summed E-state index contributed by atoms with van der Waals surface area (Å²) >= 11 is 0. The summed E-state index contributed by atoms with van der Waals surface area (Å²) in [7, 11) is -1.70. The van der Waals surface area contributed by atoms with Gasteiger partial charge in [-0.05, 0) is 37.9 Å². The van der Waals surface area contributed by atoms with Crippen LogP contribution in [0.2, 0.25) is 18.1 Å². The number of hydrogen-bond acceptors (Lipinski definition) is 3. The standard InChI is InChI=1S/C15H28O3Si/c1-7-17-13(16)8-9-15(10-11-15)12-18-19(5,6)14(2,3)4/h8-9H,7,10-12H2,1-6H3/b9-8+. The molecule has 0 saturated heterocycles. The van der Waals surface area contributed by atoms with Gasteiger partial charge in [0.25, 0.3) is 0 Å². The van der Waals surface area contributed by atoms with Crippen molar-refractivity contribution in [1.29, 1.82) is 0 Å². The highest BCUT2D eigenvalue weighted by atomic mass is 28.4. The summed E-state index contributed by atoms with van der Waals surface area (Å²) in [5.74, 6) is -0.249. The maximum Gasteiger partial charge on any atom is 0.330 e. The van der Waals surface area contributed by atoms with Crippen LogP contribution in [0.4, 0.5) is 0 Å². The van der Waals surface area contributed by atoms with Crippen LogP contribution in [0.1, 0.15) is 40.5 Å². The maximum atomic E-state index is 11.3. The van der Waals surface area contributed by atoms with Crippen LogP contribution in [-0.2, 0) is 14.0 Å². The number of hydrogen-bond donors (Lipinski definition) is 0. The molecular formula is C15H28O3Si. The van der Waals surface area contributed by atoms with Crippen molar-refractivity contribution in [3.05, 3.63) is 12.2 Å². The molecule has 0 aliphatic heterocycles. The zero-order valence-electron chi connectivity index (χ0n) is 13.2. The maximum absolute atomic E-state index is 11.3. The van der Waals surface area contributed by atoms with E-state index in [1.807, 2.05) is 13.0 Å². The van der Waals surface area contributed by atoms with Crippen LogP contribution in [0.15, 0.2) is 12.2 Å². The number of esters is 1. The molecule has 1 aliphatic carbocycles. The van der Waals surface area contributed by atoms with E-state index in [4.69, 9.17) is 9.16 Å². The molecule has 0 bridgehead atoms. The smallest absolute Gasteiger partial charge is 0.330 e. The fourth-order valence-corrected chi connectivity index (χ4v) is 2.58. The Morgan fingerprint density at radius 2 is 1.89 bits per heavy atom. The molecule has 0 aromatic carbocycles. The Bertz CT molecular complexity index is 349. The summed E-state index contributed by atoms with van der Waals surface area (Å²) in [6.45, 7) is 14.2. The van der Waals surface area contributed by atoms with Gasteiger partial charge in [0.05, 0.1) is 6.61 Å². The van der Waals surface area contributed by atoms with E-state index in [0.717, 1.165) is 19.4 Å². The van der Waals surface area contributed by atoms with Gasteiger partial charge in [-0.15, -0.1) is 0 Å². The summed E-state index contributed by atoms with van der Waals surface area (Å²) in [4.78, 5) is 11.3. The van der Waals surface area contributed by atoms with Gasteiger partial charge in [-0.3, -0.25) is 0 Å². The average molecular weight is 284 g/mol. The molecule has 1 rings (SSSR count). The molecular weight excluding hydrogens is 256 g/mol. The van der Waals surface area contributed by atoms with E-state index in [0.29, 0.717) is 6.61 Å². The predicted molar refractivity (Wildman–Crippen MR) is 80.6 cm³/mol. The fourth-order valence-electron chi connectivity index (χ4n) is 1.50. The SMILES string of the molecule is CCOC(=O)/C=C/C1(CO[Si](C)(C)C(C)(C)C)CC1. The van der Waals surface area contributed by atoms with Crippen molar-refractivity contribution < 1.29 is 14.0 Å². The van der Waals surface area contributed by atoms with Crippen LogP contribution in [0.3, 0.4) is 0 Å². The lowest BCUT2D eigenvalue weighted by molar-refractivity contribution is -0.137. The molecule has 0 spiro atoms. The molecule has 110 valence electrons. The third-order valence-corrected chi connectivity index (χ3v) is 8.76. The van der Waals surface area contributed by atoms with Gasteiger partial charge in [0, 0.05) is 18.1 Å². The first-order chi connectivity index (χ1) is 8.62. The summed E-state index contributed by atoms with van der Waals surface area (Å²) < 4.78 is 11.2. The molecule has 4 heteroatoms. The second-order valence-corrected chi connectivity index (χ2v) is 11.8. The fraction of sp³-hybridized carbons (Fsp3) is 0.800. The van der Waals surface area contributed by atoms with Crippen molar-refractivity contribution in [1.82, 2.24) is 0 Å². The van der Waals surface area contributed by atoms with Gasteiger partial charge in [-0.25, -0.2) is 4.79 Å². The minimum Gasteiger partial charge on any atom is -0.463 e. The lowest BCUT2D eigenvalue weighted by atomic mass is 10.1. The van der Waals surface area contributed by atoms with Gasteiger partial charge < -0.3 is 9.16 Å². The Labute approximate surface area is 118 Å². The van der Waals surface area contributed by atoms with Gasteiger partial charge >= 0.3 is 5.97 Å². The van der Waals surface area contributed by atoms with E-state index in [1.54, 1.807) is 6.08 Å². The highest BCUT2D eigenvalue weighted by Crippen LogP contribution is 2.49. The Morgan fingerprint density at radius 1 is 1.32 bits per heavy atom. The Hall–Kier alpha value is -0.613. The molecule has 1 aliphatic rings. The Kier molecular flexibility index (Phi) is 5.01. The molecule has 0 radical (unpaired) electrons. The molecule has 0 unspecified atom stereocenters. The summed E-state index contributed by atoms with van der Waals surface area (Å²) in [6, 6.07) is 0. The molecule has 1 saturated carbocycles. The van der Waals surface area contributed by atoms with Crippen LogP contribution in [0.25, 0.3) is 0 Å². The monoisotopic (exact) mass is 284 g/mol. The number of carbonyl (C=O) groups is 1. The quantitative estimate of drug-likeness (QED) is 0.421. The second kappa shape index (κ2) is 5.79. The van der Waals surface area contributed by atoms with Crippen molar-refractivity contribution in [3.8, 4) is 0 Å². The summed E-state index contributed by atoms with van der Waals surface area (Å²) in [6.07, 6.45) is 5.76. The van der Waals surface area contributed by atoms with Crippen LogP contribution in [-0.4, -0.2) is 27.5 Å². The van der Waals surface area contributed by atoms with E-state index in [1.165, 1.54) is 0 Å². The van der Waals surface area contributed by atoms with Gasteiger partial charge in [-0.2, -0.15) is 0 Å². The molecule has 0 amide bonds. The number of ether oxygens (including phenoxy) is 1. The average Bonchev–Trinajstić information content (AvgIpc) is 3.04. The molecule has 0 heterocycles. The Balaban J connectivity index is 2.51. The van der Waals surface area contributed by atoms with Crippen molar-refractivity contribution in [2.75, 3.05) is 13.2 Å².